The van der Waals surface area contributed by atoms with Gasteiger partial charge in [-0.05, 0) is 41.5 Å². The van der Waals surface area contributed by atoms with Crippen molar-refractivity contribution in [1.29, 1.82) is 0 Å². The van der Waals surface area contributed by atoms with E-state index in [0.717, 1.165) is 11.6 Å². The zero-order chi connectivity index (χ0) is 26.9. The Labute approximate surface area is 213 Å². The zero-order valence-corrected chi connectivity index (χ0v) is 20.3. The topological polar surface area (TPSA) is 164 Å². The Morgan fingerprint density at radius 2 is 1.65 bits per heavy atom. The van der Waals surface area contributed by atoms with Gasteiger partial charge in [-0.15, -0.1) is 0 Å². The van der Waals surface area contributed by atoms with Gasteiger partial charge in [0.1, 0.15) is 31.0 Å². The smallest absolute Gasteiger partial charge is 0.330 e. The van der Waals surface area contributed by atoms with E-state index in [1.54, 1.807) is 25.3 Å². The fourth-order valence-electron chi connectivity index (χ4n) is 3.46. The Bertz CT molecular complexity index is 1110. The summed E-state index contributed by atoms with van der Waals surface area (Å²) in [7, 11) is 3.02. The Morgan fingerprint density at radius 3 is 2.35 bits per heavy atom. The van der Waals surface area contributed by atoms with E-state index >= 15 is 0 Å². The number of phenols is 2. The third-order valence-corrected chi connectivity index (χ3v) is 5.47. The zero-order valence-electron chi connectivity index (χ0n) is 20.3. The monoisotopic (exact) mass is 518 g/mol. The third-order valence-electron chi connectivity index (χ3n) is 5.47. The van der Waals surface area contributed by atoms with Crippen LogP contribution in [0.2, 0.25) is 0 Å². The van der Waals surface area contributed by atoms with E-state index in [4.69, 9.17) is 23.7 Å². The van der Waals surface area contributed by atoms with Gasteiger partial charge in [0.05, 0.1) is 13.7 Å². The predicted molar refractivity (Wildman–Crippen MR) is 131 cm³/mol. The van der Waals surface area contributed by atoms with Crippen LogP contribution in [0.3, 0.4) is 0 Å². The van der Waals surface area contributed by atoms with Crippen LogP contribution in [-0.4, -0.2) is 89.6 Å². The van der Waals surface area contributed by atoms with Gasteiger partial charge in [-0.2, -0.15) is 0 Å². The van der Waals surface area contributed by atoms with Crippen LogP contribution >= 0.6 is 0 Å². The highest BCUT2D eigenvalue weighted by Gasteiger charge is 2.45. The minimum absolute atomic E-state index is 0.217. The first-order valence-electron chi connectivity index (χ1n) is 11.3. The first-order valence-corrected chi connectivity index (χ1v) is 11.3. The van der Waals surface area contributed by atoms with Crippen molar-refractivity contribution in [2.45, 2.75) is 30.7 Å². The maximum Gasteiger partial charge on any atom is 0.330 e. The average molecular weight is 519 g/mol. The van der Waals surface area contributed by atoms with Gasteiger partial charge < -0.3 is 49.2 Å². The van der Waals surface area contributed by atoms with Crippen molar-refractivity contribution in [2.75, 3.05) is 27.4 Å². The number of phenolic OH excluding ortho intramolecular Hbond substituents is 2. The number of benzene rings is 2. The van der Waals surface area contributed by atoms with E-state index < -0.39 is 43.3 Å². The summed E-state index contributed by atoms with van der Waals surface area (Å²) in [5, 5.41) is 49.9. The molecule has 2 aromatic carbocycles. The van der Waals surface area contributed by atoms with Crippen LogP contribution in [-0.2, 0) is 19.0 Å². The maximum atomic E-state index is 12.1. The molecule has 0 saturated carbocycles. The molecule has 0 spiro atoms. The van der Waals surface area contributed by atoms with Crippen molar-refractivity contribution in [3.63, 3.8) is 0 Å². The summed E-state index contributed by atoms with van der Waals surface area (Å²) in [4.78, 5) is 12.1. The Balaban J connectivity index is 1.64. The number of hydrogen-bond donors (Lipinski definition) is 5. The van der Waals surface area contributed by atoms with Crippen molar-refractivity contribution in [3.05, 3.63) is 59.7 Å². The van der Waals surface area contributed by atoms with Crippen molar-refractivity contribution in [3.8, 4) is 23.0 Å². The molecule has 0 radical (unpaired) electrons. The number of hydrogen-bond acceptors (Lipinski definition) is 11. The van der Waals surface area contributed by atoms with Crippen LogP contribution < -0.4 is 9.47 Å². The molecule has 11 nitrogen and oxygen atoms in total. The molecule has 2 aromatic rings. The van der Waals surface area contributed by atoms with Gasteiger partial charge >= 0.3 is 5.97 Å². The van der Waals surface area contributed by atoms with Gasteiger partial charge in [-0.3, -0.25) is 0 Å². The lowest BCUT2D eigenvalue weighted by Gasteiger charge is -2.40. The number of esters is 1. The highest BCUT2D eigenvalue weighted by atomic mass is 16.7. The molecule has 200 valence electrons. The molecule has 37 heavy (non-hydrogen) atoms. The van der Waals surface area contributed by atoms with E-state index in [0.29, 0.717) is 17.9 Å². The fraction of sp³-hybridized carbons (Fsp3) is 0.346. The molecule has 5 N–H and O–H groups in total. The standard InChI is InChI=1S/C26H30O11/c1-33-11-3-4-15-6-9-19(20(13-15)34-2)36-26-25(32)24(31)23(30)21(37-26)14-35-22(29)10-7-16-5-8-17(27)18(28)12-16/h3-10,12-13,21,23-28,30-32H,11,14H2,1-2H3/b4-3-,10-7-/t21-,23-,24+,25-,26+/m1/s1. The van der Waals surface area contributed by atoms with Gasteiger partial charge in [-0.1, -0.05) is 24.3 Å². The van der Waals surface area contributed by atoms with E-state index in [-0.39, 0.29) is 17.2 Å². The summed E-state index contributed by atoms with van der Waals surface area (Å²) in [5.41, 5.74) is 1.24. The second-order valence-electron chi connectivity index (χ2n) is 8.11. The summed E-state index contributed by atoms with van der Waals surface area (Å²) >= 11 is 0. The second-order valence-corrected chi connectivity index (χ2v) is 8.11. The summed E-state index contributed by atoms with van der Waals surface area (Å²) in [6.45, 7) is -0.0137. The molecule has 5 atom stereocenters. The summed E-state index contributed by atoms with van der Waals surface area (Å²) < 4.78 is 26.8. The van der Waals surface area contributed by atoms with Gasteiger partial charge in [0.15, 0.2) is 23.0 Å². The summed E-state index contributed by atoms with van der Waals surface area (Å²) in [6.07, 6.45) is -1.34. The number of carbonyl (C=O) groups is 1. The fourth-order valence-corrected chi connectivity index (χ4v) is 3.46. The highest BCUT2D eigenvalue weighted by molar-refractivity contribution is 5.87. The number of methoxy groups -OCH3 is 2. The molecular weight excluding hydrogens is 488 g/mol. The number of rotatable bonds is 10. The van der Waals surface area contributed by atoms with Gasteiger partial charge in [0.25, 0.3) is 0 Å². The van der Waals surface area contributed by atoms with Crippen LogP contribution in [0.1, 0.15) is 11.1 Å². The van der Waals surface area contributed by atoms with Crippen LogP contribution in [0.4, 0.5) is 0 Å². The van der Waals surface area contributed by atoms with Crippen molar-refractivity contribution in [2.24, 2.45) is 0 Å². The van der Waals surface area contributed by atoms with Crippen LogP contribution in [0.25, 0.3) is 12.2 Å². The molecule has 1 heterocycles. The lowest BCUT2D eigenvalue weighted by atomic mass is 9.99. The quantitative estimate of drug-likeness (QED) is 0.174. The number of ether oxygens (including phenoxy) is 5. The van der Waals surface area contributed by atoms with E-state index in [9.17, 15) is 30.3 Å². The SMILES string of the molecule is COC/C=C\c1ccc(O[C@H]2O[C@H](COC(=O)/C=C\c3ccc(O)c(O)c3)[C@@H](O)[C@H](O)[C@H]2O)c(OC)c1. The molecule has 11 heteroatoms. The lowest BCUT2D eigenvalue weighted by Crippen LogP contribution is -2.60. The number of aliphatic hydroxyl groups is 3. The van der Waals surface area contributed by atoms with Crippen molar-refractivity contribution in [1.82, 2.24) is 0 Å². The molecule has 0 amide bonds. The minimum Gasteiger partial charge on any atom is -0.504 e. The van der Waals surface area contributed by atoms with E-state index in [1.807, 2.05) is 12.2 Å². The van der Waals surface area contributed by atoms with Crippen LogP contribution in [0, 0.1) is 0 Å². The average Bonchev–Trinajstić information content (AvgIpc) is 2.89. The van der Waals surface area contributed by atoms with Crippen LogP contribution in [0.5, 0.6) is 23.0 Å². The van der Waals surface area contributed by atoms with Crippen molar-refractivity contribution >= 4 is 18.1 Å². The molecule has 1 fully saturated rings. The Hall–Kier alpha value is -3.61. The largest absolute Gasteiger partial charge is 0.504 e. The molecule has 1 saturated heterocycles. The Kier molecular flexibility index (Phi) is 9.89. The lowest BCUT2D eigenvalue weighted by molar-refractivity contribution is -0.278. The number of carbonyl (C=O) groups excluding carboxylic acids is 1. The first-order chi connectivity index (χ1) is 17.7. The normalized spacial score (nSPS) is 23.9. The highest BCUT2D eigenvalue weighted by Crippen LogP contribution is 2.32. The predicted octanol–water partition coefficient (Wildman–Crippen LogP) is 1.21. The van der Waals surface area contributed by atoms with Crippen molar-refractivity contribution < 1.29 is 54.0 Å². The third kappa shape index (κ3) is 7.44. The van der Waals surface area contributed by atoms with Crippen LogP contribution in [0.15, 0.2) is 48.6 Å². The minimum atomic E-state index is -1.64. The molecule has 3 rings (SSSR count). The molecule has 0 unspecified atom stereocenters. The molecule has 0 bridgehead atoms. The van der Waals surface area contributed by atoms with E-state index in [2.05, 4.69) is 0 Å². The Morgan fingerprint density at radius 1 is 0.919 bits per heavy atom. The molecular formula is C26H30O11. The maximum absolute atomic E-state index is 12.1. The number of aliphatic hydroxyl groups excluding tert-OH is 3. The molecule has 1 aliphatic heterocycles. The summed E-state index contributed by atoms with van der Waals surface area (Å²) in [6, 6.07) is 9.03. The molecule has 0 aliphatic carbocycles. The number of aromatic hydroxyl groups is 2. The molecule has 1 aliphatic rings. The first kappa shape index (κ1) is 28.0. The summed E-state index contributed by atoms with van der Waals surface area (Å²) in [5.74, 6) is -0.880. The van der Waals surface area contributed by atoms with Gasteiger partial charge in [0, 0.05) is 13.2 Å². The second kappa shape index (κ2) is 13.1. The van der Waals surface area contributed by atoms with Gasteiger partial charge in [-0.25, -0.2) is 4.79 Å². The van der Waals surface area contributed by atoms with Gasteiger partial charge in [0.2, 0.25) is 6.29 Å². The van der Waals surface area contributed by atoms with E-state index in [1.165, 1.54) is 31.4 Å². The molecule has 0 aromatic heterocycles.